The van der Waals surface area contributed by atoms with E-state index in [4.69, 9.17) is 0 Å². The van der Waals surface area contributed by atoms with Crippen LogP contribution in [0.5, 0.6) is 0 Å². The first-order valence-electron chi connectivity index (χ1n) is 3.12. The lowest BCUT2D eigenvalue weighted by molar-refractivity contribution is 0.0594. The largest absolute Gasteiger partial charge is 0.465 e. The Morgan fingerprint density at radius 2 is 2.25 bits per heavy atom. The normalized spacial score (nSPS) is 9.50. The van der Waals surface area contributed by atoms with Crippen molar-refractivity contribution in [2.75, 3.05) is 7.11 Å². The summed E-state index contributed by atoms with van der Waals surface area (Å²) in [4.78, 5) is 23.1. The summed E-state index contributed by atoms with van der Waals surface area (Å²) < 4.78 is 17.0. The maximum Gasteiger partial charge on any atom is 0.342 e. The van der Waals surface area contributed by atoms with Gasteiger partial charge in [-0.05, 0) is 6.07 Å². The fourth-order valence-corrected chi connectivity index (χ4v) is 0.717. The second-order valence-corrected chi connectivity index (χ2v) is 2.04. The van der Waals surface area contributed by atoms with Crippen LogP contribution in [0.2, 0.25) is 0 Å². The van der Waals surface area contributed by atoms with Crippen molar-refractivity contribution in [2.45, 2.75) is 0 Å². The van der Waals surface area contributed by atoms with Gasteiger partial charge in [-0.2, -0.15) is 4.39 Å². The van der Waals surface area contributed by atoms with Crippen molar-refractivity contribution in [2.24, 2.45) is 0 Å². The molecule has 1 aromatic rings. The summed E-state index contributed by atoms with van der Waals surface area (Å²) in [6.07, 6.45) is 0. The molecule has 0 aliphatic heterocycles. The van der Waals surface area contributed by atoms with Crippen molar-refractivity contribution in [3.63, 3.8) is 0 Å². The van der Waals surface area contributed by atoms with Gasteiger partial charge in [0, 0.05) is 6.07 Å². The lowest BCUT2D eigenvalue weighted by Crippen LogP contribution is -2.12. The SMILES string of the molecule is COC(=O)c1ccc(=O)[nH]c1F. The van der Waals surface area contributed by atoms with Crippen molar-refractivity contribution in [1.29, 1.82) is 0 Å². The standard InChI is InChI=1S/C7H6FNO3/c1-12-7(11)4-2-3-5(10)9-6(4)8/h2-3H,1H3,(H,9,10). The fourth-order valence-electron chi connectivity index (χ4n) is 0.717. The summed E-state index contributed by atoms with van der Waals surface area (Å²) in [6.45, 7) is 0. The average Bonchev–Trinajstić information content (AvgIpc) is 2.03. The molecule has 1 rings (SSSR count). The van der Waals surface area contributed by atoms with Crippen LogP contribution in [0.4, 0.5) is 4.39 Å². The molecule has 0 bridgehead atoms. The maximum absolute atomic E-state index is 12.7. The Bertz CT molecular complexity index is 358. The topological polar surface area (TPSA) is 59.2 Å². The van der Waals surface area contributed by atoms with Crippen LogP contribution in [0, 0.1) is 5.95 Å². The van der Waals surface area contributed by atoms with Gasteiger partial charge in [0.05, 0.1) is 7.11 Å². The van der Waals surface area contributed by atoms with Gasteiger partial charge in [0.1, 0.15) is 5.56 Å². The second-order valence-electron chi connectivity index (χ2n) is 2.04. The number of esters is 1. The Balaban J connectivity index is 3.18. The number of carbonyl (C=O) groups is 1. The number of hydrogen-bond acceptors (Lipinski definition) is 3. The predicted molar refractivity (Wildman–Crippen MR) is 38.4 cm³/mol. The zero-order valence-electron chi connectivity index (χ0n) is 6.26. The first-order valence-corrected chi connectivity index (χ1v) is 3.12. The summed E-state index contributed by atoms with van der Waals surface area (Å²) in [6, 6.07) is 2.12. The number of nitrogens with one attached hydrogen (secondary N) is 1. The second kappa shape index (κ2) is 3.17. The molecule has 0 spiro atoms. The van der Waals surface area contributed by atoms with E-state index in [2.05, 4.69) is 4.74 Å². The highest BCUT2D eigenvalue weighted by Crippen LogP contribution is 2.01. The molecule has 12 heavy (non-hydrogen) atoms. The molecular weight excluding hydrogens is 165 g/mol. The van der Waals surface area contributed by atoms with E-state index < -0.39 is 17.5 Å². The molecule has 64 valence electrons. The van der Waals surface area contributed by atoms with Crippen LogP contribution in [0.3, 0.4) is 0 Å². The van der Waals surface area contributed by atoms with Crippen LogP contribution in [-0.4, -0.2) is 18.1 Å². The third-order valence-corrected chi connectivity index (χ3v) is 1.28. The Kier molecular flexibility index (Phi) is 2.23. The van der Waals surface area contributed by atoms with Crippen molar-refractivity contribution >= 4 is 5.97 Å². The predicted octanol–water partition coefficient (Wildman–Crippen LogP) is 0.301. The van der Waals surface area contributed by atoms with Crippen LogP contribution >= 0.6 is 0 Å². The van der Waals surface area contributed by atoms with Gasteiger partial charge in [-0.3, -0.25) is 9.78 Å². The van der Waals surface area contributed by atoms with Gasteiger partial charge in [-0.1, -0.05) is 0 Å². The molecule has 1 N–H and O–H groups in total. The monoisotopic (exact) mass is 171 g/mol. The molecule has 0 radical (unpaired) electrons. The highest BCUT2D eigenvalue weighted by atomic mass is 19.1. The van der Waals surface area contributed by atoms with E-state index in [9.17, 15) is 14.0 Å². The van der Waals surface area contributed by atoms with E-state index in [1.165, 1.54) is 0 Å². The number of methoxy groups -OCH3 is 1. The highest BCUT2D eigenvalue weighted by Gasteiger charge is 2.11. The number of ether oxygens (including phenoxy) is 1. The van der Waals surface area contributed by atoms with E-state index in [-0.39, 0.29) is 5.56 Å². The summed E-state index contributed by atoms with van der Waals surface area (Å²) >= 11 is 0. The van der Waals surface area contributed by atoms with Gasteiger partial charge < -0.3 is 4.74 Å². The summed E-state index contributed by atoms with van der Waals surface area (Å²) in [5.41, 5.74) is -0.878. The summed E-state index contributed by atoms with van der Waals surface area (Å²) in [7, 11) is 1.13. The number of pyridine rings is 1. The van der Waals surface area contributed by atoms with Gasteiger partial charge >= 0.3 is 5.97 Å². The van der Waals surface area contributed by atoms with Crippen LogP contribution in [0.15, 0.2) is 16.9 Å². The Hall–Kier alpha value is -1.65. The number of rotatable bonds is 1. The zero-order chi connectivity index (χ0) is 9.14. The molecule has 5 heteroatoms. The van der Waals surface area contributed by atoms with Gasteiger partial charge in [-0.25, -0.2) is 4.79 Å². The van der Waals surface area contributed by atoms with E-state index in [0.29, 0.717) is 0 Å². The molecule has 0 aliphatic carbocycles. The summed E-state index contributed by atoms with van der Waals surface area (Å²) in [5, 5.41) is 0. The minimum absolute atomic E-state index is 0.280. The van der Waals surface area contributed by atoms with Crippen LogP contribution in [-0.2, 0) is 4.74 Å². The lowest BCUT2D eigenvalue weighted by atomic mass is 10.3. The van der Waals surface area contributed by atoms with Gasteiger partial charge in [0.25, 0.3) is 0 Å². The average molecular weight is 171 g/mol. The van der Waals surface area contributed by atoms with E-state index in [1.54, 1.807) is 0 Å². The number of halogens is 1. The smallest absolute Gasteiger partial charge is 0.342 e. The zero-order valence-corrected chi connectivity index (χ0v) is 6.26. The fraction of sp³-hybridized carbons (Fsp3) is 0.143. The summed E-state index contributed by atoms with van der Waals surface area (Å²) in [5.74, 6) is -1.79. The Labute approximate surface area is 67.0 Å². The molecule has 0 saturated heterocycles. The van der Waals surface area contributed by atoms with Gasteiger partial charge in [0.2, 0.25) is 11.5 Å². The number of H-pyrrole nitrogens is 1. The van der Waals surface area contributed by atoms with Gasteiger partial charge in [0.15, 0.2) is 0 Å². The van der Waals surface area contributed by atoms with E-state index >= 15 is 0 Å². The third-order valence-electron chi connectivity index (χ3n) is 1.28. The molecule has 0 aromatic carbocycles. The third kappa shape index (κ3) is 1.50. The van der Waals surface area contributed by atoms with Crippen LogP contribution in [0.25, 0.3) is 0 Å². The molecule has 1 heterocycles. The maximum atomic E-state index is 12.7. The molecule has 0 unspecified atom stereocenters. The number of aromatic nitrogens is 1. The molecule has 0 saturated carbocycles. The van der Waals surface area contributed by atoms with Crippen molar-refractivity contribution in [1.82, 2.24) is 4.98 Å². The number of aromatic amines is 1. The van der Waals surface area contributed by atoms with Crippen LogP contribution in [0.1, 0.15) is 10.4 Å². The first kappa shape index (κ1) is 8.45. The van der Waals surface area contributed by atoms with Crippen molar-refractivity contribution < 1.29 is 13.9 Å². The van der Waals surface area contributed by atoms with E-state index in [1.807, 2.05) is 4.98 Å². The van der Waals surface area contributed by atoms with Gasteiger partial charge in [-0.15, -0.1) is 0 Å². The molecule has 0 amide bonds. The Morgan fingerprint density at radius 3 is 2.75 bits per heavy atom. The molecular formula is C7H6FNO3. The molecule has 0 fully saturated rings. The quantitative estimate of drug-likeness (QED) is 0.488. The minimum atomic E-state index is -0.977. The molecule has 0 aliphatic rings. The minimum Gasteiger partial charge on any atom is -0.465 e. The molecule has 1 aromatic heterocycles. The molecule has 0 atom stereocenters. The Morgan fingerprint density at radius 1 is 1.58 bits per heavy atom. The number of carbonyl (C=O) groups excluding carboxylic acids is 1. The van der Waals surface area contributed by atoms with Crippen molar-refractivity contribution in [3.05, 3.63) is 34.0 Å². The highest BCUT2D eigenvalue weighted by molar-refractivity contribution is 5.89. The van der Waals surface area contributed by atoms with E-state index in [0.717, 1.165) is 19.2 Å². The number of hydrogen-bond donors (Lipinski definition) is 1. The lowest BCUT2D eigenvalue weighted by Gasteiger charge is -1.98. The van der Waals surface area contributed by atoms with Crippen molar-refractivity contribution in [3.8, 4) is 0 Å². The molecule has 4 nitrogen and oxygen atoms in total. The van der Waals surface area contributed by atoms with Crippen LogP contribution < -0.4 is 5.56 Å². The first-order chi connectivity index (χ1) is 5.65.